The van der Waals surface area contributed by atoms with Crippen LogP contribution < -0.4 is 21.1 Å². The second-order valence-electron chi connectivity index (χ2n) is 7.56. The number of nitrogens with zero attached hydrogens (tertiary/aromatic N) is 3. The van der Waals surface area contributed by atoms with Crippen LogP contribution in [-0.2, 0) is 0 Å². The summed E-state index contributed by atoms with van der Waals surface area (Å²) in [6.07, 6.45) is 4.89. The van der Waals surface area contributed by atoms with Gasteiger partial charge in [0.1, 0.15) is 11.5 Å². The molecule has 0 saturated heterocycles. The smallest absolute Gasteiger partial charge is 0.260 e. The predicted octanol–water partition coefficient (Wildman–Crippen LogP) is 3.82. The number of methoxy groups -OCH3 is 1. The highest BCUT2D eigenvalue weighted by Gasteiger charge is 2.20. The number of hydrogen-bond acceptors (Lipinski definition) is 5. The minimum atomic E-state index is -0.709. The lowest BCUT2D eigenvalue weighted by Crippen LogP contribution is -2.27. The third-order valence-corrected chi connectivity index (χ3v) is 5.62. The Morgan fingerprint density at radius 3 is 2.59 bits per heavy atom. The first-order valence-electron chi connectivity index (χ1n) is 10.4. The summed E-state index contributed by atoms with van der Waals surface area (Å²) in [6.45, 7) is 0.267. The summed E-state index contributed by atoms with van der Waals surface area (Å²) in [5.74, 6) is -1.89. The molecule has 174 valence electrons. The first-order valence-corrected chi connectivity index (χ1v) is 10.4. The van der Waals surface area contributed by atoms with Crippen molar-refractivity contribution in [2.75, 3.05) is 25.6 Å². The normalized spacial score (nSPS) is 11.6. The number of hydrogen-bond donors (Lipinski definition) is 2. The lowest BCUT2D eigenvalue weighted by molar-refractivity contribution is 0.0989. The van der Waals surface area contributed by atoms with E-state index in [4.69, 9.17) is 16.2 Å². The zero-order chi connectivity index (χ0) is 24.4. The summed E-state index contributed by atoms with van der Waals surface area (Å²) in [5.41, 5.74) is 14.9. The van der Waals surface area contributed by atoms with Crippen LogP contribution in [0.15, 0.2) is 67.1 Å². The standard InChI is InChI=1S/C25H23F2N5O2/c1-31(18-5-7-23(34-2)21(27)10-18)25(33)19-6-3-15(9-20(19)26)22-13-30-24-8-4-16(14-32(22)24)17(11-28)12-29/h3-11,13-14H,12,28-29H2,1-2H3/b17-11+. The molecule has 0 aliphatic rings. The molecule has 0 fully saturated rings. The van der Waals surface area contributed by atoms with Gasteiger partial charge in [-0.1, -0.05) is 6.07 Å². The number of aromatic nitrogens is 2. The van der Waals surface area contributed by atoms with Crippen molar-refractivity contribution >= 4 is 22.8 Å². The molecular formula is C25H23F2N5O2. The molecule has 0 atom stereocenters. The van der Waals surface area contributed by atoms with Crippen molar-refractivity contribution in [1.29, 1.82) is 0 Å². The number of carbonyl (C=O) groups is 1. The number of fused-ring (bicyclic) bond motifs is 1. The van der Waals surface area contributed by atoms with Crippen LogP contribution >= 0.6 is 0 Å². The van der Waals surface area contributed by atoms with Gasteiger partial charge in [0, 0.05) is 37.1 Å². The van der Waals surface area contributed by atoms with Gasteiger partial charge in [-0.25, -0.2) is 13.8 Å². The monoisotopic (exact) mass is 463 g/mol. The van der Waals surface area contributed by atoms with E-state index in [0.717, 1.165) is 17.2 Å². The summed E-state index contributed by atoms with van der Waals surface area (Å²) in [6, 6.07) is 12.1. The van der Waals surface area contributed by atoms with Crippen molar-refractivity contribution in [3.8, 4) is 17.0 Å². The van der Waals surface area contributed by atoms with Crippen molar-refractivity contribution in [2.24, 2.45) is 11.5 Å². The van der Waals surface area contributed by atoms with Crippen LogP contribution in [0, 0.1) is 11.6 Å². The summed E-state index contributed by atoms with van der Waals surface area (Å²) in [7, 11) is 2.80. The number of amides is 1. The molecule has 2 heterocycles. The van der Waals surface area contributed by atoms with Gasteiger partial charge in [0.2, 0.25) is 0 Å². The fourth-order valence-corrected chi connectivity index (χ4v) is 3.68. The Morgan fingerprint density at radius 1 is 1.15 bits per heavy atom. The van der Waals surface area contributed by atoms with Crippen LogP contribution in [0.4, 0.5) is 14.5 Å². The maximum absolute atomic E-state index is 15.1. The largest absolute Gasteiger partial charge is 0.494 e. The van der Waals surface area contributed by atoms with E-state index >= 15 is 4.39 Å². The minimum absolute atomic E-state index is 0.0526. The highest BCUT2D eigenvalue weighted by molar-refractivity contribution is 6.06. The molecule has 2 aromatic carbocycles. The quantitative estimate of drug-likeness (QED) is 0.453. The van der Waals surface area contributed by atoms with E-state index < -0.39 is 17.5 Å². The number of halogens is 2. The second-order valence-corrected chi connectivity index (χ2v) is 7.56. The molecule has 4 rings (SSSR count). The van der Waals surface area contributed by atoms with Crippen molar-refractivity contribution < 1.29 is 18.3 Å². The molecule has 4 aromatic rings. The van der Waals surface area contributed by atoms with Crippen LogP contribution in [0.1, 0.15) is 15.9 Å². The maximum atomic E-state index is 15.1. The van der Waals surface area contributed by atoms with Crippen molar-refractivity contribution in [1.82, 2.24) is 9.38 Å². The number of ether oxygens (including phenoxy) is 1. The van der Waals surface area contributed by atoms with Gasteiger partial charge in [-0.2, -0.15) is 0 Å². The number of rotatable bonds is 6. The fraction of sp³-hybridized carbons (Fsp3) is 0.120. The molecule has 0 saturated carbocycles. The number of anilines is 1. The van der Waals surface area contributed by atoms with Gasteiger partial charge in [0.05, 0.1) is 24.6 Å². The molecule has 0 bridgehead atoms. The third-order valence-electron chi connectivity index (χ3n) is 5.62. The zero-order valence-electron chi connectivity index (χ0n) is 18.6. The Morgan fingerprint density at radius 2 is 1.94 bits per heavy atom. The number of carbonyl (C=O) groups excluding carboxylic acids is 1. The molecule has 7 nitrogen and oxygen atoms in total. The molecule has 4 N–H and O–H groups in total. The number of pyridine rings is 1. The van der Waals surface area contributed by atoms with Gasteiger partial charge >= 0.3 is 0 Å². The van der Waals surface area contributed by atoms with Crippen LogP contribution in [0.5, 0.6) is 5.75 Å². The average molecular weight is 463 g/mol. The fourth-order valence-electron chi connectivity index (χ4n) is 3.68. The number of nitrogens with two attached hydrogens (primary N) is 2. The van der Waals surface area contributed by atoms with Gasteiger partial charge in [0.15, 0.2) is 11.6 Å². The Balaban J connectivity index is 1.67. The summed E-state index contributed by atoms with van der Waals surface area (Å²) in [4.78, 5) is 18.4. The van der Waals surface area contributed by atoms with Gasteiger partial charge in [-0.3, -0.25) is 9.20 Å². The van der Waals surface area contributed by atoms with Crippen molar-refractivity contribution in [3.05, 3.63) is 89.9 Å². The van der Waals surface area contributed by atoms with Crippen molar-refractivity contribution in [2.45, 2.75) is 0 Å². The molecule has 0 aliphatic heterocycles. The van der Waals surface area contributed by atoms with Crippen LogP contribution in [0.3, 0.4) is 0 Å². The predicted molar refractivity (Wildman–Crippen MR) is 127 cm³/mol. The van der Waals surface area contributed by atoms with Gasteiger partial charge < -0.3 is 21.1 Å². The highest BCUT2D eigenvalue weighted by Crippen LogP contribution is 2.27. The SMILES string of the molecule is COc1ccc(N(C)C(=O)c2ccc(-c3cnc4ccc(/C(=C/N)CN)cn34)cc2F)cc1F. The van der Waals surface area contributed by atoms with E-state index in [1.165, 1.54) is 49.5 Å². The Bertz CT molecular complexity index is 1410. The Labute approximate surface area is 194 Å². The van der Waals surface area contributed by atoms with Gasteiger partial charge in [0.25, 0.3) is 5.91 Å². The molecule has 0 radical (unpaired) electrons. The first-order chi connectivity index (χ1) is 16.4. The summed E-state index contributed by atoms with van der Waals surface area (Å²) >= 11 is 0. The number of benzene rings is 2. The van der Waals surface area contributed by atoms with Gasteiger partial charge in [-0.05, 0) is 53.7 Å². The number of imidazole rings is 1. The lowest BCUT2D eigenvalue weighted by atomic mass is 10.1. The summed E-state index contributed by atoms with van der Waals surface area (Å²) < 4.78 is 35.8. The molecule has 1 amide bonds. The van der Waals surface area contributed by atoms with E-state index in [2.05, 4.69) is 4.98 Å². The van der Waals surface area contributed by atoms with E-state index in [1.54, 1.807) is 16.7 Å². The molecule has 9 heteroatoms. The molecule has 0 unspecified atom stereocenters. The van der Waals surface area contributed by atoms with Crippen LogP contribution in [0.25, 0.3) is 22.5 Å². The van der Waals surface area contributed by atoms with Crippen LogP contribution in [-0.4, -0.2) is 36.0 Å². The third kappa shape index (κ3) is 4.08. The second kappa shape index (κ2) is 9.32. The molecular weight excluding hydrogens is 440 g/mol. The van der Waals surface area contributed by atoms with E-state index in [-0.39, 0.29) is 23.5 Å². The van der Waals surface area contributed by atoms with E-state index in [0.29, 0.717) is 16.9 Å². The highest BCUT2D eigenvalue weighted by atomic mass is 19.1. The average Bonchev–Trinajstić information content (AvgIpc) is 3.27. The van der Waals surface area contributed by atoms with Crippen LogP contribution in [0.2, 0.25) is 0 Å². The zero-order valence-corrected chi connectivity index (χ0v) is 18.6. The van der Waals surface area contributed by atoms with Gasteiger partial charge in [-0.15, -0.1) is 0 Å². The summed E-state index contributed by atoms with van der Waals surface area (Å²) in [5, 5.41) is 0. The minimum Gasteiger partial charge on any atom is -0.494 e. The first kappa shape index (κ1) is 22.9. The topological polar surface area (TPSA) is 98.9 Å². The molecule has 2 aromatic heterocycles. The van der Waals surface area contributed by atoms with Crippen molar-refractivity contribution in [3.63, 3.8) is 0 Å². The molecule has 34 heavy (non-hydrogen) atoms. The maximum Gasteiger partial charge on any atom is 0.260 e. The molecule has 0 aliphatic carbocycles. The Kier molecular flexibility index (Phi) is 6.29. The lowest BCUT2D eigenvalue weighted by Gasteiger charge is -2.18. The Hall–Kier alpha value is -4.24. The van der Waals surface area contributed by atoms with E-state index in [1.807, 2.05) is 18.3 Å². The van der Waals surface area contributed by atoms with E-state index in [9.17, 15) is 9.18 Å². The molecule has 0 spiro atoms.